The smallest absolute Gasteiger partial charge is 0.328 e. The minimum Gasteiger partial charge on any atom is -0.497 e. The number of nitrogens with one attached hydrogen (secondary N) is 2. The monoisotopic (exact) mass is 352 g/mol. The summed E-state index contributed by atoms with van der Waals surface area (Å²) >= 11 is 0. The Morgan fingerprint density at radius 1 is 1.08 bits per heavy atom. The summed E-state index contributed by atoms with van der Waals surface area (Å²) in [6.07, 6.45) is 2.31. The molecule has 0 bridgehead atoms. The van der Waals surface area contributed by atoms with Crippen molar-refractivity contribution >= 4 is 17.6 Å². The van der Waals surface area contributed by atoms with E-state index in [-0.39, 0.29) is 5.91 Å². The molecule has 0 fully saturated rings. The highest BCUT2D eigenvalue weighted by Gasteiger charge is 2.23. The highest BCUT2D eigenvalue weighted by Crippen LogP contribution is 2.26. The number of unbranched alkanes of at least 4 members (excludes halogenated alkanes) is 1. The molecule has 7 nitrogen and oxygen atoms in total. The van der Waals surface area contributed by atoms with Crippen molar-refractivity contribution in [2.75, 3.05) is 26.6 Å². The van der Waals surface area contributed by atoms with Gasteiger partial charge in [0, 0.05) is 23.9 Å². The number of carbonyl (C=O) groups is 2. The number of ether oxygens (including phenoxy) is 3. The van der Waals surface area contributed by atoms with E-state index in [0.29, 0.717) is 23.6 Å². The Bertz CT molecular complexity index is 554. The van der Waals surface area contributed by atoms with Crippen LogP contribution in [-0.2, 0) is 14.3 Å². The number of anilines is 1. The van der Waals surface area contributed by atoms with Crippen LogP contribution in [0.1, 0.15) is 33.1 Å². The van der Waals surface area contributed by atoms with E-state index in [1.54, 1.807) is 39.3 Å². The van der Waals surface area contributed by atoms with Crippen molar-refractivity contribution in [2.24, 2.45) is 0 Å². The zero-order valence-electron chi connectivity index (χ0n) is 15.5. The minimum absolute atomic E-state index is 0.284. The van der Waals surface area contributed by atoms with Crippen LogP contribution in [0.5, 0.6) is 11.5 Å². The molecule has 0 aliphatic carbocycles. The van der Waals surface area contributed by atoms with Gasteiger partial charge in [0.25, 0.3) is 0 Å². The second-order valence-corrected chi connectivity index (χ2v) is 5.69. The molecule has 1 rings (SSSR count). The lowest BCUT2D eigenvalue weighted by Gasteiger charge is -2.21. The van der Waals surface area contributed by atoms with Gasteiger partial charge in [0.05, 0.1) is 21.3 Å². The first kappa shape index (κ1) is 20.6. The van der Waals surface area contributed by atoms with E-state index in [4.69, 9.17) is 14.2 Å². The Morgan fingerprint density at radius 2 is 1.68 bits per heavy atom. The average molecular weight is 352 g/mol. The maximum atomic E-state index is 12.4. The first-order chi connectivity index (χ1) is 11.9. The van der Waals surface area contributed by atoms with Crippen LogP contribution in [0.2, 0.25) is 0 Å². The van der Waals surface area contributed by atoms with Gasteiger partial charge < -0.3 is 24.8 Å². The molecular weight excluding hydrogens is 324 g/mol. The first-order valence-corrected chi connectivity index (χ1v) is 8.32. The Labute approximate surface area is 149 Å². The van der Waals surface area contributed by atoms with Crippen molar-refractivity contribution in [3.05, 3.63) is 18.2 Å². The first-order valence-electron chi connectivity index (χ1n) is 8.32. The summed E-state index contributed by atoms with van der Waals surface area (Å²) < 4.78 is 15.2. The molecular formula is C18H28N2O5. The topological polar surface area (TPSA) is 85.9 Å². The number of methoxy groups -OCH3 is 3. The van der Waals surface area contributed by atoms with Gasteiger partial charge in [-0.15, -0.1) is 0 Å². The fourth-order valence-corrected chi connectivity index (χ4v) is 2.30. The Morgan fingerprint density at radius 3 is 2.16 bits per heavy atom. The number of hydrogen-bond donors (Lipinski definition) is 2. The Kier molecular flexibility index (Phi) is 8.60. The maximum absolute atomic E-state index is 12.4. The molecule has 0 aliphatic rings. The molecule has 0 saturated carbocycles. The van der Waals surface area contributed by atoms with Crippen LogP contribution >= 0.6 is 0 Å². The van der Waals surface area contributed by atoms with E-state index >= 15 is 0 Å². The lowest BCUT2D eigenvalue weighted by Crippen LogP contribution is -2.47. The predicted molar refractivity (Wildman–Crippen MR) is 96.1 cm³/mol. The third-order valence-corrected chi connectivity index (χ3v) is 3.78. The Balaban J connectivity index is 2.76. The summed E-state index contributed by atoms with van der Waals surface area (Å²) in [5.41, 5.74) is 0.682. The number of amides is 1. The average Bonchev–Trinajstić information content (AvgIpc) is 2.63. The molecule has 2 unspecified atom stereocenters. The number of carbonyl (C=O) groups excluding carboxylic acids is 2. The summed E-state index contributed by atoms with van der Waals surface area (Å²) in [7, 11) is 4.43. The summed E-state index contributed by atoms with van der Waals surface area (Å²) in [4.78, 5) is 24.2. The fraction of sp³-hybridized carbons (Fsp3) is 0.556. The molecule has 1 aromatic rings. The van der Waals surface area contributed by atoms with Crippen LogP contribution in [-0.4, -0.2) is 45.3 Å². The molecule has 0 aromatic heterocycles. The van der Waals surface area contributed by atoms with E-state index in [1.165, 1.54) is 7.11 Å². The van der Waals surface area contributed by atoms with Crippen molar-refractivity contribution in [3.8, 4) is 11.5 Å². The van der Waals surface area contributed by atoms with Crippen LogP contribution in [0.25, 0.3) is 0 Å². The molecule has 0 aliphatic heterocycles. The van der Waals surface area contributed by atoms with E-state index in [0.717, 1.165) is 12.8 Å². The van der Waals surface area contributed by atoms with Crippen LogP contribution in [0.4, 0.5) is 5.69 Å². The van der Waals surface area contributed by atoms with E-state index in [9.17, 15) is 9.59 Å². The maximum Gasteiger partial charge on any atom is 0.328 e. The van der Waals surface area contributed by atoms with Crippen molar-refractivity contribution in [1.29, 1.82) is 0 Å². The molecule has 2 N–H and O–H groups in total. The second-order valence-electron chi connectivity index (χ2n) is 5.69. The van der Waals surface area contributed by atoms with Crippen LogP contribution < -0.4 is 20.1 Å². The molecule has 25 heavy (non-hydrogen) atoms. The van der Waals surface area contributed by atoms with Gasteiger partial charge in [-0.25, -0.2) is 4.79 Å². The van der Waals surface area contributed by atoms with Crippen molar-refractivity contribution in [1.82, 2.24) is 5.32 Å². The van der Waals surface area contributed by atoms with Crippen molar-refractivity contribution in [2.45, 2.75) is 45.2 Å². The number of hydrogen-bond acceptors (Lipinski definition) is 6. The number of benzene rings is 1. The molecule has 0 heterocycles. The standard InChI is InChI=1S/C18H28N2O5/c1-6-7-8-16(18(22)25-5)20-17(21)12(2)19-13-9-14(23-3)11-15(10-13)24-4/h9-12,16,19H,6-8H2,1-5H3,(H,20,21). The van der Waals surface area contributed by atoms with Gasteiger partial charge in [-0.1, -0.05) is 19.8 Å². The highest BCUT2D eigenvalue weighted by molar-refractivity contribution is 5.89. The highest BCUT2D eigenvalue weighted by atomic mass is 16.5. The van der Waals surface area contributed by atoms with Gasteiger partial charge in [0.2, 0.25) is 5.91 Å². The molecule has 0 spiro atoms. The van der Waals surface area contributed by atoms with Gasteiger partial charge in [-0.3, -0.25) is 4.79 Å². The zero-order chi connectivity index (χ0) is 18.8. The number of esters is 1. The molecule has 7 heteroatoms. The van der Waals surface area contributed by atoms with Gasteiger partial charge >= 0.3 is 5.97 Å². The largest absolute Gasteiger partial charge is 0.497 e. The summed E-state index contributed by atoms with van der Waals surface area (Å²) in [5, 5.41) is 5.83. The normalized spacial score (nSPS) is 12.7. The van der Waals surface area contributed by atoms with Crippen LogP contribution in [0, 0.1) is 0 Å². The fourth-order valence-electron chi connectivity index (χ4n) is 2.30. The zero-order valence-corrected chi connectivity index (χ0v) is 15.5. The van der Waals surface area contributed by atoms with E-state index < -0.39 is 18.1 Å². The SMILES string of the molecule is CCCCC(NC(=O)C(C)Nc1cc(OC)cc(OC)c1)C(=O)OC. The molecule has 0 radical (unpaired) electrons. The van der Waals surface area contributed by atoms with Gasteiger partial charge in [0.1, 0.15) is 23.6 Å². The van der Waals surface area contributed by atoms with E-state index in [2.05, 4.69) is 10.6 Å². The third-order valence-electron chi connectivity index (χ3n) is 3.78. The third kappa shape index (κ3) is 6.52. The van der Waals surface area contributed by atoms with Gasteiger partial charge in [0.15, 0.2) is 0 Å². The lowest BCUT2D eigenvalue weighted by molar-refractivity contribution is -0.145. The summed E-state index contributed by atoms with van der Waals surface area (Å²) in [6.45, 7) is 3.74. The number of rotatable bonds is 10. The van der Waals surface area contributed by atoms with Gasteiger partial charge in [-0.2, -0.15) is 0 Å². The molecule has 140 valence electrons. The molecule has 0 saturated heterocycles. The lowest BCUT2D eigenvalue weighted by atomic mass is 10.1. The summed E-state index contributed by atoms with van der Waals surface area (Å²) in [6, 6.07) is 4.09. The molecule has 1 aromatic carbocycles. The predicted octanol–water partition coefficient (Wildman–Crippen LogP) is 2.35. The quantitative estimate of drug-likeness (QED) is 0.629. The molecule has 2 atom stereocenters. The Hall–Kier alpha value is -2.44. The van der Waals surface area contributed by atoms with Gasteiger partial charge in [-0.05, 0) is 13.3 Å². The summed E-state index contributed by atoms with van der Waals surface area (Å²) in [5.74, 6) is 0.514. The second kappa shape index (κ2) is 10.4. The van der Waals surface area contributed by atoms with Crippen LogP contribution in [0.15, 0.2) is 18.2 Å². The van der Waals surface area contributed by atoms with Crippen molar-refractivity contribution < 1.29 is 23.8 Å². The van der Waals surface area contributed by atoms with E-state index in [1.807, 2.05) is 6.92 Å². The minimum atomic E-state index is -0.637. The van der Waals surface area contributed by atoms with Crippen LogP contribution in [0.3, 0.4) is 0 Å². The van der Waals surface area contributed by atoms with Crippen molar-refractivity contribution in [3.63, 3.8) is 0 Å². The molecule has 1 amide bonds.